The monoisotopic (exact) mass is 1180 g/mol. The number of pyridine rings is 3. The Bertz CT molecular complexity index is 2170. The van der Waals surface area contributed by atoms with Gasteiger partial charge in [-0.05, 0) is 75.4 Å². The SMILES string of the molecule is C.C.C.C.C.C.CC(C)(C)c1ccccc1.CC(C)(C)c1ccccn1.CC(C)(C)c1ccccn1.CC(C)(C)c1cccnc1.CC(C)(C)c1cnccn1.CC(C)(C)c1cncnc1.CC(C)(C)c1ncccn1.CC(C)(C)c1ncccn1. The molecule has 11 nitrogen and oxygen atoms in total. The van der Waals surface area contributed by atoms with Crippen LogP contribution in [-0.4, -0.2) is 54.8 Å². The van der Waals surface area contributed by atoms with Crippen LogP contribution in [0.3, 0.4) is 0 Å². The van der Waals surface area contributed by atoms with E-state index in [4.69, 9.17) is 0 Å². The largest absolute Gasteiger partial charge is 0.264 e. The van der Waals surface area contributed by atoms with Crippen molar-refractivity contribution in [2.45, 2.75) is 254 Å². The van der Waals surface area contributed by atoms with Gasteiger partial charge in [0.15, 0.2) is 0 Å². The van der Waals surface area contributed by atoms with E-state index < -0.39 is 0 Å². The first-order valence-corrected chi connectivity index (χ1v) is 27.7. The van der Waals surface area contributed by atoms with Crippen LogP contribution in [0.2, 0.25) is 0 Å². The lowest BCUT2D eigenvalue weighted by Crippen LogP contribution is -2.14. The molecule has 0 saturated carbocycles. The van der Waals surface area contributed by atoms with Crippen LogP contribution in [0.4, 0.5) is 0 Å². The van der Waals surface area contributed by atoms with Gasteiger partial charge >= 0.3 is 0 Å². The smallest absolute Gasteiger partial charge is 0.133 e. The maximum Gasteiger partial charge on any atom is 0.133 e. The highest BCUT2D eigenvalue weighted by molar-refractivity contribution is 5.22. The zero-order chi connectivity index (χ0) is 60.9. The van der Waals surface area contributed by atoms with Crippen LogP contribution in [0.1, 0.15) is 256 Å². The highest BCUT2D eigenvalue weighted by Gasteiger charge is 2.18. The number of hydrogen-bond donors (Lipinski definition) is 0. The van der Waals surface area contributed by atoms with Crippen molar-refractivity contribution >= 4 is 0 Å². The Morgan fingerprint density at radius 1 is 0.209 bits per heavy atom. The second-order valence-corrected chi connectivity index (χ2v) is 27.4. The van der Waals surface area contributed by atoms with Gasteiger partial charge in [0.05, 0.1) is 5.69 Å². The summed E-state index contributed by atoms with van der Waals surface area (Å²) >= 11 is 0. The standard InChI is InChI=1S/C10H14.3C9H13N.4C8H12N2.6CH4/c1-10(2,3)9-7-5-4-6-8-9;1-9(2,3)8-5-4-6-10-7-8;2*1-9(2,3)8-6-4-5-7-10-8;1-8(2,3)7-4-9-6-10-5-7;1-8(2,3)7-6-9-4-5-10-7;2*1-8(2,3)7-9-5-4-6-10-7;;;;;;/h4-8H,1-3H3;3*4-7H,1-3H3;4*4-6H,1-3H3;6*1H4. The number of rotatable bonds is 0. The second-order valence-electron chi connectivity index (χ2n) is 27.4. The van der Waals surface area contributed by atoms with Gasteiger partial charge in [0.25, 0.3) is 0 Å². The third-order valence-electron chi connectivity index (χ3n) is 11.3. The normalized spacial score (nSPS) is 10.7. The van der Waals surface area contributed by atoms with Gasteiger partial charge in [0.2, 0.25) is 0 Å². The average molecular weight is 1180 g/mol. The zero-order valence-corrected chi connectivity index (χ0v) is 53.7. The van der Waals surface area contributed by atoms with Crippen molar-refractivity contribution in [3.63, 3.8) is 0 Å². The van der Waals surface area contributed by atoms with Crippen molar-refractivity contribution in [3.8, 4) is 0 Å². The van der Waals surface area contributed by atoms with E-state index >= 15 is 0 Å². The molecule has 0 atom stereocenters. The van der Waals surface area contributed by atoms with Crippen LogP contribution < -0.4 is 0 Å². The second kappa shape index (κ2) is 41.9. The Balaban J connectivity index is -0.000000211. The molecule has 86 heavy (non-hydrogen) atoms. The van der Waals surface area contributed by atoms with Gasteiger partial charge in [0.1, 0.15) is 18.0 Å². The first-order valence-electron chi connectivity index (χ1n) is 27.7. The zero-order valence-electron chi connectivity index (χ0n) is 53.7. The molecule has 11 heteroatoms. The summed E-state index contributed by atoms with van der Waals surface area (Å²) in [6.07, 6.45) is 24.9. The summed E-state index contributed by atoms with van der Waals surface area (Å²) in [4.78, 5) is 45.2. The molecule has 8 aromatic rings. The predicted octanol–water partition coefficient (Wildman–Crippen LogP) is 21.0. The summed E-state index contributed by atoms with van der Waals surface area (Å²) in [5.74, 6) is 1.80. The van der Waals surface area contributed by atoms with Crippen molar-refractivity contribution in [2.24, 2.45) is 0 Å². The molecule has 0 aliphatic carbocycles. The van der Waals surface area contributed by atoms with E-state index in [0.29, 0.717) is 5.41 Å². The van der Waals surface area contributed by atoms with Gasteiger partial charge in [-0.15, -0.1) is 0 Å². The number of benzene rings is 1. The van der Waals surface area contributed by atoms with Gasteiger partial charge in [-0.1, -0.05) is 259 Å². The Labute approximate surface area is 529 Å². The Hall–Kier alpha value is -7.01. The molecule has 0 aliphatic heterocycles. The molecule has 0 fully saturated rings. The maximum atomic E-state index is 4.25. The summed E-state index contributed by atoms with van der Waals surface area (Å²) in [7, 11) is 0. The summed E-state index contributed by atoms with van der Waals surface area (Å²) in [6.45, 7) is 51.6. The summed E-state index contributed by atoms with van der Waals surface area (Å²) in [6, 6.07) is 30.3. The Kier molecular flexibility index (Phi) is 44.0. The lowest BCUT2D eigenvalue weighted by Gasteiger charge is -2.18. The van der Waals surface area contributed by atoms with Crippen LogP contribution in [0.5, 0.6) is 0 Å². The minimum atomic E-state index is 0. The first kappa shape index (κ1) is 90.2. The molecule has 0 saturated heterocycles. The van der Waals surface area contributed by atoms with Crippen molar-refractivity contribution in [1.29, 1.82) is 0 Å². The topological polar surface area (TPSA) is 142 Å². The van der Waals surface area contributed by atoms with Crippen LogP contribution in [0.25, 0.3) is 0 Å². The van der Waals surface area contributed by atoms with E-state index in [9.17, 15) is 0 Å². The molecule has 480 valence electrons. The molecule has 0 spiro atoms. The molecule has 7 aromatic heterocycles. The van der Waals surface area contributed by atoms with Gasteiger partial charge in [-0.2, -0.15) is 0 Å². The van der Waals surface area contributed by atoms with Crippen LogP contribution in [0.15, 0.2) is 178 Å². The number of nitrogens with zero attached hydrogens (tertiary/aromatic N) is 11. The molecule has 0 N–H and O–H groups in total. The highest BCUT2D eigenvalue weighted by atomic mass is 14.9. The van der Waals surface area contributed by atoms with Crippen LogP contribution in [0, 0.1) is 0 Å². The minimum Gasteiger partial charge on any atom is -0.264 e. The average Bonchev–Trinajstić information content (AvgIpc) is 3.40. The Morgan fingerprint density at radius 2 is 0.523 bits per heavy atom. The van der Waals surface area contributed by atoms with Gasteiger partial charge in [-0.25, -0.2) is 29.9 Å². The minimum absolute atomic E-state index is 0. The number of aromatic nitrogens is 11. The summed E-state index contributed by atoms with van der Waals surface area (Å²) in [5.41, 5.74) is 8.51. The van der Waals surface area contributed by atoms with E-state index in [-0.39, 0.29) is 82.5 Å². The fourth-order valence-corrected chi connectivity index (χ4v) is 6.10. The fourth-order valence-electron chi connectivity index (χ4n) is 6.10. The molecular weight excluding hydrogens is 1050 g/mol. The third kappa shape index (κ3) is 40.3. The first-order chi connectivity index (χ1) is 36.8. The molecule has 0 bridgehead atoms. The van der Waals surface area contributed by atoms with E-state index in [0.717, 1.165) is 28.7 Å². The molecule has 7 heterocycles. The maximum absolute atomic E-state index is 4.25. The molecule has 1 aromatic carbocycles. The quantitative estimate of drug-likeness (QED) is 0.143. The van der Waals surface area contributed by atoms with Gasteiger partial charge in [-0.3, -0.25) is 24.9 Å². The Morgan fingerprint density at radius 3 is 0.733 bits per heavy atom. The third-order valence-corrected chi connectivity index (χ3v) is 11.3. The van der Waals surface area contributed by atoms with Crippen molar-refractivity contribution in [3.05, 3.63) is 223 Å². The lowest BCUT2D eigenvalue weighted by atomic mass is 9.87. The molecule has 8 rings (SSSR count). The van der Waals surface area contributed by atoms with Crippen molar-refractivity contribution in [1.82, 2.24) is 54.8 Å². The lowest BCUT2D eigenvalue weighted by molar-refractivity contribution is 0.545. The van der Waals surface area contributed by atoms with Gasteiger partial charge in [0, 0.05) is 119 Å². The van der Waals surface area contributed by atoms with Crippen molar-refractivity contribution < 1.29 is 0 Å². The summed E-state index contributed by atoms with van der Waals surface area (Å²) < 4.78 is 0. The van der Waals surface area contributed by atoms with E-state index in [1.165, 1.54) is 16.7 Å². The van der Waals surface area contributed by atoms with Gasteiger partial charge < -0.3 is 0 Å². The van der Waals surface area contributed by atoms with Crippen LogP contribution in [-0.2, 0) is 43.3 Å². The predicted molar refractivity (Wildman–Crippen MR) is 377 cm³/mol. The van der Waals surface area contributed by atoms with E-state index in [1.54, 1.807) is 55.9 Å². The van der Waals surface area contributed by atoms with Crippen LogP contribution >= 0.6 is 0 Å². The van der Waals surface area contributed by atoms with E-state index in [1.807, 2.05) is 73.4 Å². The molecule has 0 radical (unpaired) electrons. The van der Waals surface area contributed by atoms with E-state index in [2.05, 4.69) is 270 Å². The molecule has 0 unspecified atom stereocenters. The molecular formula is C75H125N11. The summed E-state index contributed by atoms with van der Waals surface area (Å²) in [5, 5.41) is 0. The molecule has 0 aliphatic rings. The highest BCUT2D eigenvalue weighted by Crippen LogP contribution is 2.24. The van der Waals surface area contributed by atoms with Crippen molar-refractivity contribution in [2.75, 3.05) is 0 Å². The fraction of sp³-hybridized carbons (Fsp3) is 0.507. The molecule has 0 amide bonds. The number of hydrogen-bond acceptors (Lipinski definition) is 11.